The zero-order valence-electron chi connectivity index (χ0n) is 15.6. The maximum Gasteiger partial charge on any atom is 0.270 e. The van der Waals surface area contributed by atoms with Gasteiger partial charge in [-0.25, -0.2) is 19.3 Å². The molecule has 2 fully saturated rings. The predicted molar refractivity (Wildman–Crippen MR) is 111 cm³/mol. The number of hydrogen-bond acceptors (Lipinski definition) is 6. The minimum atomic E-state index is -0.639. The molecule has 2 atom stereocenters. The predicted octanol–water partition coefficient (Wildman–Crippen LogP) is 4.04. The first-order chi connectivity index (χ1) is 14.5. The number of aromatic nitrogens is 2. The van der Waals surface area contributed by atoms with Gasteiger partial charge in [0, 0.05) is 24.7 Å². The second-order valence-electron chi connectivity index (χ2n) is 7.49. The van der Waals surface area contributed by atoms with Crippen LogP contribution in [0.3, 0.4) is 0 Å². The van der Waals surface area contributed by atoms with E-state index in [1.165, 1.54) is 35.5 Å². The third-order valence-corrected chi connectivity index (χ3v) is 5.96. The second kappa shape index (κ2) is 6.90. The Kier molecular flexibility index (Phi) is 4.31. The number of nitro groups is 1. The number of halogens is 2. The number of benzene rings is 2. The van der Waals surface area contributed by atoms with Crippen LogP contribution >= 0.6 is 11.6 Å². The number of fused-ring (bicyclic) bond motifs is 2. The fourth-order valence-electron chi connectivity index (χ4n) is 3.91. The van der Waals surface area contributed by atoms with Gasteiger partial charge in [-0.1, -0.05) is 23.6 Å². The molecule has 2 heterocycles. The molecule has 1 aliphatic heterocycles. The van der Waals surface area contributed by atoms with Crippen molar-refractivity contribution < 1.29 is 9.31 Å². The Morgan fingerprint density at radius 1 is 1.33 bits per heavy atom. The Labute approximate surface area is 176 Å². The van der Waals surface area contributed by atoms with Gasteiger partial charge in [-0.15, -0.1) is 0 Å². The summed E-state index contributed by atoms with van der Waals surface area (Å²) >= 11 is 6.01. The van der Waals surface area contributed by atoms with Crippen LogP contribution in [-0.4, -0.2) is 28.0 Å². The maximum atomic E-state index is 14.9. The SMILES string of the molecule is O=[N+]([O-])c1ccc2ncnc(N(C#C[C@@]34CNC[C@@H]3C4)c3cccc(Cl)c3F)c2c1. The van der Waals surface area contributed by atoms with E-state index in [1.807, 2.05) is 0 Å². The van der Waals surface area contributed by atoms with Gasteiger partial charge in [-0.05, 0) is 37.1 Å². The normalized spacial score (nSPS) is 21.6. The molecule has 30 heavy (non-hydrogen) atoms. The highest BCUT2D eigenvalue weighted by Crippen LogP contribution is 2.54. The number of nitrogens with one attached hydrogen (secondary N) is 1. The lowest BCUT2D eigenvalue weighted by atomic mass is 10.1. The molecule has 1 aromatic heterocycles. The van der Waals surface area contributed by atoms with Crippen molar-refractivity contribution in [3.63, 3.8) is 0 Å². The number of rotatable bonds is 3. The lowest BCUT2D eigenvalue weighted by Gasteiger charge is -2.19. The van der Waals surface area contributed by atoms with Gasteiger partial charge in [0.05, 0.1) is 32.0 Å². The van der Waals surface area contributed by atoms with Crippen molar-refractivity contribution in [1.29, 1.82) is 0 Å². The molecule has 0 spiro atoms. The van der Waals surface area contributed by atoms with E-state index < -0.39 is 10.7 Å². The van der Waals surface area contributed by atoms with Crippen LogP contribution < -0.4 is 10.2 Å². The highest BCUT2D eigenvalue weighted by Gasteiger charge is 2.56. The van der Waals surface area contributed by atoms with Gasteiger partial charge in [0.2, 0.25) is 0 Å². The van der Waals surface area contributed by atoms with Crippen molar-refractivity contribution >= 4 is 39.7 Å². The van der Waals surface area contributed by atoms with Crippen LogP contribution in [0.25, 0.3) is 10.9 Å². The Morgan fingerprint density at radius 3 is 2.93 bits per heavy atom. The molecular formula is C21H15ClFN5O2. The number of piperidine rings is 1. The topological polar surface area (TPSA) is 84.2 Å². The molecule has 1 saturated heterocycles. The molecule has 0 amide bonds. The lowest BCUT2D eigenvalue weighted by Crippen LogP contribution is -2.17. The quantitative estimate of drug-likeness (QED) is 0.296. The highest BCUT2D eigenvalue weighted by molar-refractivity contribution is 6.31. The summed E-state index contributed by atoms with van der Waals surface area (Å²) < 4.78 is 14.9. The first-order valence-corrected chi connectivity index (χ1v) is 9.73. The van der Waals surface area contributed by atoms with Gasteiger partial charge in [0.1, 0.15) is 6.33 Å². The number of anilines is 2. The highest BCUT2D eigenvalue weighted by atomic mass is 35.5. The average molecular weight is 424 g/mol. The summed E-state index contributed by atoms with van der Waals surface area (Å²) in [5.74, 6) is 3.39. The molecule has 2 aliphatic rings. The zero-order chi connectivity index (χ0) is 20.9. The van der Waals surface area contributed by atoms with Crippen molar-refractivity contribution in [3.05, 3.63) is 63.7 Å². The van der Waals surface area contributed by atoms with Crippen LogP contribution in [0.15, 0.2) is 42.7 Å². The molecule has 2 aromatic carbocycles. The monoisotopic (exact) mass is 423 g/mol. The van der Waals surface area contributed by atoms with Crippen LogP contribution in [0.1, 0.15) is 6.42 Å². The summed E-state index contributed by atoms with van der Waals surface area (Å²) in [6.07, 6.45) is 2.32. The van der Waals surface area contributed by atoms with E-state index in [0.717, 1.165) is 19.5 Å². The van der Waals surface area contributed by atoms with E-state index >= 15 is 0 Å². The van der Waals surface area contributed by atoms with Crippen LogP contribution in [0, 0.1) is 39.2 Å². The molecule has 0 bridgehead atoms. The average Bonchev–Trinajstić information content (AvgIpc) is 3.29. The Morgan fingerprint density at radius 2 is 2.20 bits per heavy atom. The van der Waals surface area contributed by atoms with E-state index in [2.05, 4.69) is 27.2 Å². The van der Waals surface area contributed by atoms with Crippen molar-refractivity contribution in [3.8, 4) is 12.0 Å². The van der Waals surface area contributed by atoms with Gasteiger partial charge in [0.25, 0.3) is 5.69 Å². The Hall–Kier alpha value is -3.28. The molecule has 1 N–H and O–H groups in total. The van der Waals surface area contributed by atoms with Crippen molar-refractivity contribution in [2.45, 2.75) is 6.42 Å². The summed E-state index contributed by atoms with van der Waals surface area (Å²) in [4.78, 5) is 20.7. The Balaban J connectivity index is 1.71. The third kappa shape index (κ3) is 3.03. The molecule has 5 rings (SSSR count). The van der Waals surface area contributed by atoms with E-state index in [9.17, 15) is 14.5 Å². The maximum absolute atomic E-state index is 14.9. The summed E-state index contributed by atoms with van der Waals surface area (Å²) in [5.41, 5.74) is 0.382. The van der Waals surface area contributed by atoms with Crippen molar-refractivity contribution in [2.75, 3.05) is 18.0 Å². The third-order valence-electron chi connectivity index (χ3n) is 5.67. The zero-order valence-corrected chi connectivity index (χ0v) is 16.4. The molecule has 150 valence electrons. The summed E-state index contributed by atoms with van der Waals surface area (Å²) in [5, 5.41) is 15.0. The van der Waals surface area contributed by atoms with Crippen molar-refractivity contribution in [2.24, 2.45) is 11.3 Å². The molecule has 0 radical (unpaired) electrons. The standard InChI is InChI=1S/C21H15ClFN5O2/c22-16-2-1-3-18(19(16)23)27(7-6-21-9-13(21)10-24-11-21)20-15-8-14(28(29)30)4-5-17(15)25-12-26-20/h1-5,8,12-13,24H,9-11H2/t13-,21+/m0/s1. The molecule has 3 aromatic rings. The summed E-state index contributed by atoms with van der Waals surface area (Å²) in [7, 11) is 0. The summed E-state index contributed by atoms with van der Waals surface area (Å²) in [6.45, 7) is 1.70. The number of nitro benzene ring substituents is 1. The van der Waals surface area contributed by atoms with E-state index in [4.69, 9.17) is 11.6 Å². The first-order valence-electron chi connectivity index (χ1n) is 9.35. The van der Waals surface area contributed by atoms with E-state index in [0.29, 0.717) is 16.8 Å². The van der Waals surface area contributed by atoms with Gasteiger partial charge >= 0.3 is 0 Å². The van der Waals surface area contributed by atoms with Crippen LogP contribution in [0.2, 0.25) is 5.02 Å². The minimum Gasteiger partial charge on any atom is -0.315 e. The van der Waals surface area contributed by atoms with Crippen molar-refractivity contribution in [1.82, 2.24) is 15.3 Å². The van der Waals surface area contributed by atoms with Crippen LogP contribution in [-0.2, 0) is 0 Å². The fourth-order valence-corrected chi connectivity index (χ4v) is 4.08. The number of non-ortho nitro benzene ring substituents is 1. The molecule has 1 saturated carbocycles. The van der Waals surface area contributed by atoms with E-state index in [1.54, 1.807) is 12.1 Å². The molecule has 0 unspecified atom stereocenters. The largest absolute Gasteiger partial charge is 0.315 e. The Bertz CT molecular complexity index is 1260. The van der Waals surface area contributed by atoms with Gasteiger partial charge in [0.15, 0.2) is 11.6 Å². The molecule has 7 nitrogen and oxygen atoms in total. The smallest absolute Gasteiger partial charge is 0.270 e. The molecule has 1 aliphatic carbocycles. The first kappa shape index (κ1) is 18.7. The van der Waals surface area contributed by atoms with E-state index in [-0.39, 0.29) is 27.6 Å². The van der Waals surface area contributed by atoms with Crippen LogP contribution in [0.5, 0.6) is 0 Å². The second-order valence-corrected chi connectivity index (χ2v) is 7.90. The molecule has 9 heteroatoms. The van der Waals surface area contributed by atoms with Gasteiger partial charge in [-0.3, -0.25) is 10.1 Å². The fraction of sp³-hybridized carbons (Fsp3) is 0.238. The summed E-state index contributed by atoms with van der Waals surface area (Å²) in [6, 6.07) is 12.0. The number of nitrogens with zero attached hydrogens (tertiary/aromatic N) is 4. The van der Waals surface area contributed by atoms with Crippen LogP contribution in [0.4, 0.5) is 21.6 Å². The molecular weight excluding hydrogens is 409 g/mol. The van der Waals surface area contributed by atoms with Gasteiger partial charge < -0.3 is 5.32 Å². The minimum absolute atomic E-state index is 0.0476. The van der Waals surface area contributed by atoms with Gasteiger partial charge in [-0.2, -0.15) is 0 Å². The number of hydrogen-bond donors (Lipinski definition) is 1. The lowest BCUT2D eigenvalue weighted by molar-refractivity contribution is -0.384.